The van der Waals surface area contributed by atoms with E-state index < -0.39 is 0 Å². The van der Waals surface area contributed by atoms with Gasteiger partial charge in [-0.25, -0.2) is 0 Å². The van der Waals surface area contributed by atoms with Crippen molar-refractivity contribution in [1.82, 2.24) is 0 Å². The molecule has 0 fully saturated rings. The van der Waals surface area contributed by atoms with Crippen molar-refractivity contribution >= 4 is 11.8 Å². The summed E-state index contributed by atoms with van der Waals surface area (Å²) in [6.45, 7) is 4.44. The topological polar surface area (TPSA) is 3.24 Å². The van der Waals surface area contributed by atoms with E-state index in [1.54, 1.807) is 0 Å². The highest BCUT2D eigenvalue weighted by Gasteiger charge is 2.24. The van der Waals surface area contributed by atoms with Gasteiger partial charge in [-0.2, -0.15) is 0 Å². The van der Waals surface area contributed by atoms with E-state index in [1.165, 1.54) is 11.3 Å². The third-order valence-electron chi connectivity index (χ3n) is 2.83. The van der Waals surface area contributed by atoms with E-state index in [2.05, 4.69) is 62.2 Å². The predicted octanol–water partition coefficient (Wildman–Crippen LogP) is 2.93. The molecule has 1 heteroatoms. The molecular formula is C12H15N. The number of hydrogen-bond acceptors (Lipinski definition) is 1. The van der Waals surface area contributed by atoms with Crippen LogP contribution in [0.1, 0.15) is 19.4 Å². The number of benzene rings is 1. The fraction of sp³-hybridized carbons (Fsp3) is 0.333. The highest BCUT2D eigenvalue weighted by molar-refractivity contribution is 5.73. The van der Waals surface area contributed by atoms with Crippen LogP contribution in [0.25, 0.3) is 6.08 Å². The number of likely N-dealkylation sites (N-methyl/N-ethyl adjacent to an activating group) is 1. The maximum Gasteiger partial charge on any atom is 0.0528 e. The Bertz CT molecular complexity index is 350. The van der Waals surface area contributed by atoms with E-state index in [0.717, 1.165) is 0 Å². The molecule has 0 unspecified atom stereocenters. The molecule has 0 saturated heterocycles. The molecule has 0 atom stereocenters. The van der Waals surface area contributed by atoms with E-state index in [0.29, 0.717) is 0 Å². The van der Waals surface area contributed by atoms with Gasteiger partial charge < -0.3 is 4.90 Å². The zero-order chi connectivity index (χ0) is 9.47. The Morgan fingerprint density at radius 2 is 1.85 bits per heavy atom. The molecule has 1 aromatic carbocycles. The minimum Gasteiger partial charge on any atom is -0.366 e. The van der Waals surface area contributed by atoms with Crippen LogP contribution in [0, 0.1) is 0 Å². The first-order chi connectivity index (χ1) is 6.11. The van der Waals surface area contributed by atoms with Crippen molar-refractivity contribution in [3.05, 3.63) is 35.9 Å². The van der Waals surface area contributed by atoms with Crippen molar-refractivity contribution in [3.8, 4) is 0 Å². The smallest absolute Gasteiger partial charge is 0.0528 e. The van der Waals surface area contributed by atoms with Gasteiger partial charge >= 0.3 is 0 Å². The summed E-state index contributed by atoms with van der Waals surface area (Å²) in [7, 11) is 2.14. The molecule has 0 aliphatic carbocycles. The van der Waals surface area contributed by atoms with Crippen LogP contribution in [0.4, 0.5) is 5.69 Å². The lowest BCUT2D eigenvalue weighted by Gasteiger charge is -2.38. The molecule has 1 heterocycles. The van der Waals surface area contributed by atoms with E-state index in [-0.39, 0.29) is 5.54 Å². The van der Waals surface area contributed by atoms with Crippen LogP contribution in [0.3, 0.4) is 0 Å². The maximum absolute atomic E-state index is 2.31. The molecule has 0 saturated carbocycles. The predicted molar refractivity (Wildman–Crippen MR) is 58.0 cm³/mol. The molecule has 0 amide bonds. The molecule has 0 bridgehead atoms. The molecule has 0 N–H and O–H groups in total. The van der Waals surface area contributed by atoms with E-state index in [4.69, 9.17) is 0 Å². The quantitative estimate of drug-likeness (QED) is 0.583. The average Bonchev–Trinajstić information content (AvgIpc) is 2.13. The van der Waals surface area contributed by atoms with Crippen LogP contribution in [-0.4, -0.2) is 12.6 Å². The SMILES string of the molecule is CN1c2ccccc2C=CC1(C)C. The average molecular weight is 173 g/mol. The monoisotopic (exact) mass is 173 g/mol. The second-order valence-electron chi connectivity index (χ2n) is 4.10. The number of rotatable bonds is 0. The van der Waals surface area contributed by atoms with Crippen LogP contribution in [-0.2, 0) is 0 Å². The standard InChI is InChI=1S/C12H15N/c1-12(2)9-8-10-6-4-5-7-11(10)13(12)3/h4-9H,1-3H3. The number of para-hydroxylation sites is 1. The van der Waals surface area contributed by atoms with Gasteiger partial charge in [0.25, 0.3) is 0 Å². The molecule has 68 valence electrons. The summed E-state index contributed by atoms with van der Waals surface area (Å²) >= 11 is 0. The van der Waals surface area contributed by atoms with Gasteiger partial charge in [-0.15, -0.1) is 0 Å². The number of fused-ring (bicyclic) bond motifs is 1. The minimum absolute atomic E-state index is 0.133. The Kier molecular flexibility index (Phi) is 1.69. The second kappa shape index (κ2) is 2.63. The van der Waals surface area contributed by atoms with Crippen LogP contribution >= 0.6 is 0 Å². The van der Waals surface area contributed by atoms with Crippen molar-refractivity contribution in [3.63, 3.8) is 0 Å². The Balaban J connectivity index is 2.55. The van der Waals surface area contributed by atoms with Crippen LogP contribution < -0.4 is 4.90 Å². The van der Waals surface area contributed by atoms with Crippen molar-refractivity contribution in [2.45, 2.75) is 19.4 Å². The van der Waals surface area contributed by atoms with E-state index in [9.17, 15) is 0 Å². The zero-order valence-corrected chi connectivity index (χ0v) is 8.41. The summed E-state index contributed by atoms with van der Waals surface area (Å²) in [4.78, 5) is 2.31. The largest absolute Gasteiger partial charge is 0.366 e. The molecule has 2 rings (SSSR count). The summed E-state index contributed by atoms with van der Waals surface area (Å²) in [6, 6.07) is 8.48. The molecule has 1 aliphatic rings. The summed E-state index contributed by atoms with van der Waals surface area (Å²) in [5, 5.41) is 0. The third-order valence-corrected chi connectivity index (χ3v) is 2.83. The van der Waals surface area contributed by atoms with Crippen LogP contribution in [0.15, 0.2) is 30.3 Å². The lowest BCUT2D eigenvalue weighted by molar-refractivity contribution is 0.600. The summed E-state index contributed by atoms with van der Waals surface area (Å²) < 4.78 is 0. The third kappa shape index (κ3) is 1.24. The summed E-state index contributed by atoms with van der Waals surface area (Å²) in [5.41, 5.74) is 2.76. The number of hydrogen-bond donors (Lipinski definition) is 0. The lowest BCUT2D eigenvalue weighted by Crippen LogP contribution is -2.41. The van der Waals surface area contributed by atoms with Crippen molar-refractivity contribution in [2.24, 2.45) is 0 Å². The van der Waals surface area contributed by atoms with Crippen molar-refractivity contribution in [2.75, 3.05) is 11.9 Å². The van der Waals surface area contributed by atoms with E-state index >= 15 is 0 Å². The molecule has 1 nitrogen and oxygen atoms in total. The fourth-order valence-corrected chi connectivity index (χ4v) is 1.65. The van der Waals surface area contributed by atoms with Gasteiger partial charge in [0.05, 0.1) is 5.54 Å². The Morgan fingerprint density at radius 3 is 2.62 bits per heavy atom. The van der Waals surface area contributed by atoms with Gasteiger partial charge in [0.1, 0.15) is 0 Å². The zero-order valence-electron chi connectivity index (χ0n) is 8.41. The van der Waals surface area contributed by atoms with Crippen LogP contribution in [0.5, 0.6) is 0 Å². The molecule has 0 spiro atoms. The van der Waals surface area contributed by atoms with Gasteiger partial charge in [-0.3, -0.25) is 0 Å². The molecule has 1 aliphatic heterocycles. The normalized spacial score (nSPS) is 18.5. The second-order valence-corrected chi connectivity index (χ2v) is 4.10. The summed E-state index contributed by atoms with van der Waals surface area (Å²) in [6.07, 6.45) is 4.45. The highest BCUT2D eigenvalue weighted by Crippen LogP contribution is 2.32. The molecule has 13 heavy (non-hydrogen) atoms. The number of anilines is 1. The summed E-state index contributed by atoms with van der Waals surface area (Å²) in [5.74, 6) is 0. The molecular weight excluding hydrogens is 158 g/mol. The van der Waals surface area contributed by atoms with Gasteiger partial charge in [0, 0.05) is 12.7 Å². The maximum atomic E-state index is 2.31. The number of nitrogens with zero attached hydrogens (tertiary/aromatic N) is 1. The fourth-order valence-electron chi connectivity index (χ4n) is 1.65. The van der Waals surface area contributed by atoms with Crippen molar-refractivity contribution in [1.29, 1.82) is 0 Å². The van der Waals surface area contributed by atoms with Gasteiger partial charge in [-0.1, -0.05) is 30.4 Å². The first-order valence-corrected chi connectivity index (χ1v) is 4.63. The first kappa shape index (κ1) is 8.36. The van der Waals surface area contributed by atoms with Crippen molar-refractivity contribution < 1.29 is 0 Å². The molecule has 0 radical (unpaired) electrons. The lowest BCUT2D eigenvalue weighted by atomic mass is 9.95. The van der Waals surface area contributed by atoms with E-state index in [1.807, 2.05) is 0 Å². The first-order valence-electron chi connectivity index (χ1n) is 4.63. The molecule has 1 aromatic rings. The van der Waals surface area contributed by atoms with Gasteiger partial charge in [-0.05, 0) is 25.5 Å². The molecule has 0 aromatic heterocycles. The van der Waals surface area contributed by atoms with Crippen LogP contribution in [0.2, 0.25) is 0 Å². The minimum atomic E-state index is 0.133. The Morgan fingerprint density at radius 1 is 1.15 bits per heavy atom. The Hall–Kier alpha value is -1.24. The highest BCUT2D eigenvalue weighted by atomic mass is 15.2. The Labute approximate surface area is 79.7 Å². The van der Waals surface area contributed by atoms with Gasteiger partial charge in [0.15, 0.2) is 0 Å². The van der Waals surface area contributed by atoms with Gasteiger partial charge in [0.2, 0.25) is 0 Å².